The smallest absolute Gasteiger partial charge is 0.227 e. The van der Waals surface area contributed by atoms with Gasteiger partial charge in [0.2, 0.25) is 5.91 Å². The van der Waals surface area contributed by atoms with Crippen LogP contribution in [0.5, 0.6) is 0 Å². The largest absolute Gasteiger partial charge is 0.396 e. The number of nitrogens with one attached hydrogen (secondary N) is 1. The Morgan fingerprint density at radius 3 is 2.89 bits per heavy atom. The number of hydrogen-bond acceptors (Lipinski definition) is 2. The third kappa shape index (κ3) is 2.52. The van der Waals surface area contributed by atoms with E-state index >= 15 is 0 Å². The first kappa shape index (κ1) is 12.7. The highest BCUT2D eigenvalue weighted by Crippen LogP contribution is 2.44. The van der Waals surface area contributed by atoms with Crippen LogP contribution >= 0.6 is 0 Å². The summed E-state index contributed by atoms with van der Waals surface area (Å²) >= 11 is 0. The van der Waals surface area contributed by atoms with Gasteiger partial charge in [0.1, 0.15) is 0 Å². The molecule has 2 aliphatic carbocycles. The van der Waals surface area contributed by atoms with Gasteiger partial charge < -0.3 is 10.4 Å². The molecule has 1 aromatic rings. The molecule has 3 nitrogen and oxygen atoms in total. The molecule has 0 heterocycles. The predicted octanol–water partition coefficient (Wildman–Crippen LogP) is 2.00. The average Bonchev–Trinajstić information content (AvgIpc) is 3.25. The first-order valence-electron chi connectivity index (χ1n) is 7.20. The first-order valence-corrected chi connectivity index (χ1v) is 7.20. The molecule has 0 spiro atoms. The fourth-order valence-corrected chi connectivity index (χ4v) is 2.99. The van der Waals surface area contributed by atoms with Crippen LogP contribution in [-0.2, 0) is 11.2 Å². The molecule has 1 saturated carbocycles. The third-order valence-corrected chi connectivity index (χ3v) is 4.62. The zero-order valence-corrected chi connectivity index (χ0v) is 11.2. The molecule has 3 rings (SSSR count). The second-order valence-corrected chi connectivity index (χ2v) is 6.02. The summed E-state index contributed by atoms with van der Waals surface area (Å²) in [4.78, 5) is 12.4. The van der Waals surface area contributed by atoms with E-state index in [0.717, 1.165) is 32.1 Å². The number of benzene rings is 1. The van der Waals surface area contributed by atoms with Crippen molar-refractivity contribution in [2.24, 2.45) is 5.41 Å². The third-order valence-electron chi connectivity index (χ3n) is 4.62. The van der Waals surface area contributed by atoms with E-state index in [0.29, 0.717) is 6.54 Å². The molecule has 2 N–H and O–H groups in total. The van der Waals surface area contributed by atoms with Crippen molar-refractivity contribution in [3.05, 3.63) is 35.4 Å². The highest BCUT2D eigenvalue weighted by molar-refractivity contribution is 5.84. The number of aliphatic hydroxyl groups excluding tert-OH is 1. The second kappa shape index (κ2) is 4.97. The number of carbonyl (C=O) groups is 1. The van der Waals surface area contributed by atoms with Crippen molar-refractivity contribution < 1.29 is 9.90 Å². The molecular formula is C16H21NO2. The topological polar surface area (TPSA) is 49.3 Å². The van der Waals surface area contributed by atoms with Gasteiger partial charge in [-0.15, -0.1) is 0 Å². The summed E-state index contributed by atoms with van der Waals surface area (Å²) in [5.41, 5.74) is 2.50. The number of aryl methyl sites for hydroxylation is 1. The van der Waals surface area contributed by atoms with Gasteiger partial charge in [0.05, 0.1) is 12.5 Å². The predicted molar refractivity (Wildman–Crippen MR) is 73.9 cm³/mol. The number of rotatable bonds is 4. The Morgan fingerprint density at radius 2 is 2.16 bits per heavy atom. The normalized spacial score (nSPS) is 23.5. The molecule has 102 valence electrons. The minimum absolute atomic E-state index is 0.000516. The molecule has 0 saturated heterocycles. The van der Waals surface area contributed by atoms with Crippen LogP contribution in [0, 0.1) is 5.41 Å². The van der Waals surface area contributed by atoms with Gasteiger partial charge in [-0.2, -0.15) is 0 Å². The van der Waals surface area contributed by atoms with E-state index in [1.54, 1.807) is 0 Å². The summed E-state index contributed by atoms with van der Waals surface area (Å²) in [6, 6.07) is 8.27. The summed E-state index contributed by atoms with van der Waals surface area (Å²) in [6.07, 6.45) is 5.17. The number of carbonyl (C=O) groups excluding carboxylic acids is 1. The molecule has 0 bridgehead atoms. The first-order chi connectivity index (χ1) is 9.24. The molecule has 1 amide bonds. The van der Waals surface area contributed by atoms with Crippen molar-refractivity contribution in [2.75, 3.05) is 13.2 Å². The van der Waals surface area contributed by atoms with Crippen molar-refractivity contribution in [1.29, 1.82) is 0 Å². The number of fused-ring (bicyclic) bond motifs is 1. The van der Waals surface area contributed by atoms with Crippen LogP contribution < -0.4 is 5.32 Å². The molecule has 0 aromatic heterocycles. The minimum Gasteiger partial charge on any atom is -0.396 e. The van der Waals surface area contributed by atoms with Crippen molar-refractivity contribution in [3.8, 4) is 0 Å². The Labute approximate surface area is 114 Å². The molecule has 1 aromatic carbocycles. The molecule has 0 aliphatic heterocycles. The van der Waals surface area contributed by atoms with Crippen LogP contribution in [0.15, 0.2) is 24.3 Å². The van der Waals surface area contributed by atoms with Crippen LogP contribution in [0.2, 0.25) is 0 Å². The van der Waals surface area contributed by atoms with Crippen LogP contribution in [0.4, 0.5) is 0 Å². The summed E-state index contributed by atoms with van der Waals surface area (Å²) < 4.78 is 0. The molecule has 2 aliphatic rings. The molecule has 1 fully saturated rings. The van der Waals surface area contributed by atoms with Crippen molar-refractivity contribution in [2.45, 2.75) is 38.0 Å². The Hall–Kier alpha value is -1.35. The van der Waals surface area contributed by atoms with Crippen LogP contribution in [0.1, 0.15) is 42.7 Å². The Kier molecular flexibility index (Phi) is 3.31. The highest BCUT2D eigenvalue weighted by atomic mass is 16.3. The molecule has 19 heavy (non-hydrogen) atoms. The lowest BCUT2D eigenvalue weighted by molar-refractivity contribution is -0.123. The van der Waals surface area contributed by atoms with Gasteiger partial charge in [0.25, 0.3) is 0 Å². The lowest BCUT2D eigenvalue weighted by atomic mass is 9.82. The SMILES string of the molecule is O=C(NCC1(CO)CC1)C1CCCc2ccccc21. The van der Waals surface area contributed by atoms with Gasteiger partial charge in [-0.1, -0.05) is 24.3 Å². The Morgan fingerprint density at radius 1 is 1.37 bits per heavy atom. The van der Waals surface area contributed by atoms with E-state index in [9.17, 15) is 9.90 Å². The van der Waals surface area contributed by atoms with Crippen molar-refractivity contribution >= 4 is 5.91 Å². The Balaban J connectivity index is 1.67. The van der Waals surface area contributed by atoms with E-state index in [-0.39, 0.29) is 23.8 Å². The second-order valence-electron chi connectivity index (χ2n) is 6.02. The molecular weight excluding hydrogens is 238 g/mol. The maximum atomic E-state index is 12.4. The van der Waals surface area contributed by atoms with E-state index in [1.807, 2.05) is 12.1 Å². The lowest BCUT2D eigenvalue weighted by Crippen LogP contribution is -2.36. The molecule has 3 heteroatoms. The molecule has 1 unspecified atom stereocenters. The minimum atomic E-state index is -0.0101. The van der Waals surface area contributed by atoms with Gasteiger partial charge >= 0.3 is 0 Å². The van der Waals surface area contributed by atoms with Gasteiger partial charge in [-0.05, 0) is 43.2 Å². The number of amides is 1. The van der Waals surface area contributed by atoms with Crippen molar-refractivity contribution in [3.63, 3.8) is 0 Å². The fourth-order valence-electron chi connectivity index (χ4n) is 2.99. The summed E-state index contributed by atoms with van der Waals surface area (Å²) in [7, 11) is 0. The lowest BCUT2D eigenvalue weighted by Gasteiger charge is -2.25. The molecule has 1 atom stereocenters. The average molecular weight is 259 g/mol. The quantitative estimate of drug-likeness (QED) is 0.869. The van der Waals surface area contributed by atoms with Gasteiger partial charge in [0, 0.05) is 12.0 Å². The van der Waals surface area contributed by atoms with E-state index in [2.05, 4.69) is 17.4 Å². The summed E-state index contributed by atoms with van der Waals surface area (Å²) in [6.45, 7) is 0.815. The molecule has 0 radical (unpaired) electrons. The summed E-state index contributed by atoms with van der Waals surface area (Å²) in [5, 5.41) is 12.3. The highest BCUT2D eigenvalue weighted by Gasteiger charge is 2.42. The monoisotopic (exact) mass is 259 g/mol. The van der Waals surface area contributed by atoms with E-state index in [1.165, 1.54) is 11.1 Å². The zero-order valence-electron chi connectivity index (χ0n) is 11.2. The van der Waals surface area contributed by atoms with Gasteiger partial charge in [-0.25, -0.2) is 0 Å². The maximum absolute atomic E-state index is 12.4. The van der Waals surface area contributed by atoms with E-state index in [4.69, 9.17) is 0 Å². The van der Waals surface area contributed by atoms with Crippen LogP contribution in [0.25, 0.3) is 0 Å². The number of aliphatic hydroxyl groups is 1. The Bertz CT molecular complexity index is 479. The summed E-state index contributed by atoms with van der Waals surface area (Å²) in [5.74, 6) is 0.131. The zero-order chi connectivity index (χ0) is 13.3. The van der Waals surface area contributed by atoms with Crippen LogP contribution in [0.3, 0.4) is 0 Å². The van der Waals surface area contributed by atoms with Gasteiger partial charge in [-0.3, -0.25) is 4.79 Å². The van der Waals surface area contributed by atoms with Gasteiger partial charge in [0.15, 0.2) is 0 Å². The standard InChI is InChI=1S/C16H21NO2/c18-11-16(8-9-16)10-17-15(19)14-7-3-5-12-4-1-2-6-13(12)14/h1-2,4,6,14,18H,3,5,7-11H2,(H,17,19). The fraction of sp³-hybridized carbons (Fsp3) is 0.562. The number of hydrogen-bond donors (Lipinski definition) is 2. The van der Waals surface area contributed by atoms with Crippen molar-refractivity contribution in [1.82, 2.24) is 5.32 Å². The van der Waals surface area contributed by atoms with Crippen LogP contribution in [-0.4, -0.2) is 24.2 Å². The maximum Gasteiger partial charge on any atom is 0.227 e. The van der Waals surface area contributed by atoms with E-state index < -0.39 is 0 Å².